The first-order chi connectivity index (χ1) is 12.5. The van der Waals surface area contributed by atoms with E-state index in [9.17, 15) is 4.79 Å². The van der Waals surface area contributed by atoms with Gasteiger partial charge in [-0.25, -0.2) is 10.4 Å². The van der Waals surface area contributed by atoms with Gasteiger partial charge in [-0.2, -0.15) is 5.10 Å². The van der Waals surface area contributed by atoms with Gasteiger partial charge in [-0.15, -0.1) is 0 Å². The topological polar surface area (TPSA) is 63.6 Å². The van der Waals surface area contributed by atoms with E-state index >= 15 is 0 Å². The van der Waals surface area contributed by atoms with Gasteiger partial charge in [0.15, 0.2) is 6.61 Å². The second-order valence-corrected chi connectivity index (χ2v) is 6.40. The molecule has 0 bridgehead atoms. The van der Waals surface area contributed by atoms with Gasteiger partial charge < -0.3 is 4.74 Å². The summed E-state index contributed by atoms with van der Waals surface area (Å²) >= 11 is 12.0. The highest BCUT2D eigenvalue weighted by molar-refractivity contribution is 6.32. The van der Waals surface area contributed by atoms with Crippen molar-refractivity contribution < 1.29 is 9.53 Å². The Morgan fingerprint density at radius 1 is 1.23 bits per heavy atom. The largest absolute Gasteiger partial charge is 0.484 e. The number of hydrogen-bond donors (Lipinski definition) is 1. The van der Waals surface area contributed by atoms with Gasteiger partial charge in [-0.05, 0) is 42.8 Å². The molecule has 0 radical (unpaired) electrons. The summed E-state index contributed by atoms with van der Waals surface area (Å²) in [7, 11) is 0. The number of hydrazone groups is 1. The molecule has 0 aliphatic carbocycles. The first kappa shape index (κ1) is 18.2. The lowest BCUT2D eigenvalue weighted by molar-refractivity contribution is -0.123. The number of hydrogen-bond acceptors (Lipinski definition) is 4. The van der Waals surface area contributed by atoms with Gasteiger partial charge in [-0.3, -0.25) is 4.79 Å². The van der Waals surface area contributed by atoms with Crippen LogP contribution in [0.4, 0.5) is 0 Å². The van der Waals surface area contributed by atoms with Crippen molar-refractivity contribution in [1.82, 2.24) is 10.4 Å². The highest BCUT2D eigenvalue weighted by Crippen LogP contribution is 2.20. The van der Waals surface area contributed by atoms with Crippen molar-refractivity contribution in [3.05, 3.63) is 69.8 Å². The third kappa shape index (κ3) is 4.71. The number of benzene rings is 2. The van der Waals surface area contributed by atoms with Crippen LogP contribution in [-0.2, 0) is 4.79 Å². The molecule has 26 heavy (non-hydrogen) atoms. The molecule has 2 aromatic carbocycles. The fraction of sp³-hybridized carbons (Fsp3) is 0.105. The maximum Gasteiger partial charge on any atom is 0.277 e. The summed E-state index contributed by atoms with van der Waals surface area (Å²) in [5.41, 5.74) is 4.91. The van der Waals surface area contributed by atoms with Crippen molar-refractivity contribution in [2.24, 2.45) is 5.10 Å². The highest BCUT2D eigenvalue weighted by Gasteiger charge is 2.05. The standard InChI is InChI=1S/C19H15Cl2N3O2/c1-12-5-6-13-8-14(19(21)23-17(13)7-12)10-22-24-18(25)11-26-16-4-2-3-15(20)9-16/h2-10H,11H2,1H3,(H,24,25). The van der Waals surface area contributed by atoms with E-state index < -0.39 is 5.91 Å². The predicted molar refractivity (Wildman–Crippen MR) is 104 cm³/mol. The van der Waals surface area contributed by atoms with Crippen LogP contribution in [0.5, 0.6) is 5.75 Å². The third-order valence-corrected chi connectivity index (χ3v) is 4.05. The molecule has 1 heterocycles. The minimum atomic E-state index is -0.401. The van der Waals surface area contributed by atoms with Gasteiger partial charge in [0.25, 0.3) is 5.91 Å². The summed E-state index contributed by atoms with van der Waals surface area (Å²) < 4.78 is 5.34. The van der Waals surface area contributed by atoms with Crippen LogP contribution in [0, 0.1) is 6.92 Å². The van der Waals surface area contributed by atoms with Gasteiger partial charge in [0.05, 0.1) is 11.7 Å². The average Bonchev–Trinajstić information content (AvgIpc) is 2.60. The molecular formula is C19H15Cl2N3O2. The van der Waals surface area contributed by atoms with Crippen molar-refractivity contribution in [3.8, 4) is 5.75 Å². The van der Waals surface area contributed by atoms with E-state index in [4.69, 9.17) is 27.9 Å². The normalized spacial score (nSPS) is 11.0. The van der Waals surface area contributed by atoms with Gasteiger partial charge in [0, 0.05) is 16.0 Å². The zero-order chi connectivity index (χ0) is 18.5. The smallest absolute Gasteiger partial charge is 0.277 e. The molecule has 0 spiro atoms. The number of aryl methyl sites for hydroxylation is 1. The third-order valence-electron chi connectivity index (χ3n) is 3.51. The Hall–Kier alpha value is -2.63. The first-order valence-electron chi connectivity index (χ1n) is 7.78. The average molecular weight is 388 g/mol. The molecule has 3 rings (SSSR count). The molecule has 5 nitrogen and oxygen atoms in total. The number of rotatable bonds is 5. The van der Waals surface area contributed by atoms with Crippen LogP contribution < -0.4 is 10.2 Å². The van der Waals surface area contributed by atoms with Crippen LogP contribution in [-0.4, -0.2) is 23.7 Å². The second kappa shape index (κ2) is 8.17. The van der Waals surface area contributed by atoms with Crippen molar-refractivity contribution in [2.45, 2.75) is 6.92 Å². The molecule has 3 aromatic rings. The summed E-state index contributed by atoms with van der Waals surface area (Å²) in [5.74, 6) is 0.107. The molecule has 0 unspecified atom stereocenters. The van der Waals surface area contributed by atoms with Crippen LogP contribution in [0.1, 0.15) is 11.1 Å². The van der Waals surface area contributed by atoms with E-state index in [1.165, 1.54) is 6.21 Å². The predicted octanol–water partition coefficient (Wildman–Crippen LogP) is 4.38. The van der Waals surface area contributed by atoms with E-state index in [0.29, 0.717) is 21.5 Å². The van der Waals surface area contributed by atoms with Gasteiger partial charge in [0.2, 0.25) is 0 Å². The molecule has 1 amide bonds. The van der Waals surface area contributed by atoms with Crippen LogP contribution in [0.2, 0.25) is 10.2 Å². The Balaban J connectivity index is 1.61. The Kier molecular flexibility index (Phi) is 5.71. The summed E-state index contributed by atoms with van der Waals surface area (Å²) in [6.45, 7) is 1.81. The monoisotopic (exact) mass is 387 g/mol. The SMILES string of the molecule is Cc1ccc2cc(C=NNC(=O)COc3cccc(Cl)c3)c(Cl)nc2c1. The molecule has 7 heteroatoms. The maximum absolute atomic E-state index is 11.8. The van der Waals surface area contributed by atoms with Crippen LogP contribution in [0.3, 0.4) is 0 Å². The number of fused-ring (bicyclic) bond motifs is 1. The zero-order valence-electron chi connectivity index (χ0n) is 13.9. The number of carbonyl (C=O) groups excluding carboxylic acids is 1. The zero-order valence-corrected chi connectivity index (χ0v) is 15.4. The van der Waals surface area contributed by atoms with Gasteiger partial charge >= 0.3 is 0 Å². The Morgan fingerprint density at radius 2 is 2.08 bits per heavy atom. The molecule has 1 aromatic heterocycles. The molecule has 0 atom stereocenters. The minimum absolute atomic E-state index is 0.180. The molecule has 132 valence electrons. The molecule has 1 N–H and O–H groups in total. The number of amides is 1. The van der Waals surface area contributed by atoms with E-state index in [1.54, 1.807) is 24.3 Å². The summed E-state index contributed by atoms with van der Waals surface area (Å²) in [4.78, 5) is 16.1. The molecule has 0 aliphatic rings. The molecular weight excluding hydrogens is 373 g/mol. The first-order valence-corrected chi connectivity index (χ1v) is 8.54. The van der Waals surface area contributed by atoms with E-state index in [1.807, 2.05) is 31.2 Å². The maximum atomic E-state index is 11.8. The van der Waals surface area contributed by atoms with Crippen LogP contribution in [0.25, 0.3) is 10.9 Å². The van der Waals surface area contributed by atoms with Crippen LogP contribution in [0.15, 0.2) is 53.6 Å². The van der Waals surface area contributed by atoms with E-state index in [-0.39, 0.29) is 6.61 Å². The lowest BCUT2D eigenvalue weighted by Gasteiger charge is -2.05. The molecule has 0 saturated heterocycles. The molecule has 0 saturated carbocycles. The fourth-order valence-electron chi connectivity index (χ4n) is 2.27. The summed E-state index contributed by atoms with van der Waals surface area (Å²) in [5, 5.41) is 5.70. The molecule has 0 aliphatic heterocycles. The lowest BCUT2D eigenvalue weighted by atomic mass is 10.1. The van der Waals surface area contributed by atoms with E-state index in [0.717, 1.165) is 16.5 Å². The van der Waals surface area contributed by atoms with Gasteiger partial charge in [0.1, 0.15) is 10.9 Å². The summed E-state index contributed by atoms with van der Waals surface area (Å²) in [6.07, 6.45) is 1.45. The van der Waals surface area contributed by atoms with E-state index in [2.05, 4.69) is 15.5 Å². The van der Waals surface area contributed by atoms with Crippen molar-refractivity contribution in [1.29, 1.82) is 0 Å². The number of nitrogens with one attached hydrogen (secondary N) is 1. The second-order valence-electron chi connectivity index (χ2n) is 5.60. The number of halogens is 2. The van der Waals surface area contributed by atoms with Crippen molar-refractivity contribution in [2.75, 3.05) is 6.61 Å². The van der Waals surface area contributed by atoms with Crippen molar-refractivity contribution in [3.63, 3.8) is 0 Å². The van der Waals surface area contributed by atoms with Gasteiger partial charge in [-0.1, -0.05) is 41.4 Å². The number of aromatic nitrogens is 1. The minimum Gasteiger partial charge on any atom is -0.484 e. The Labute approximate surface area is 160 Å². The lowest BCUT2D eigenvalue weighted by Crippen LogP contribution is -2.24. The number of ether oxygens (including phenoxy) is 1. The van der Waals surface area contributed by atoms with Crippen LogP contribution >= 0.6 is 23.2 Å². The highest BCUT2D eigenvalue weighted by atomic mass is 35.5. The quantitative estimate of drug-likeness (QED) is 0.401. The summed E-state index contributed by atoms with van der Waals surface area (Å²) in [6, 6.07) is 14.6. The fourth-order valence-corrected chi connectivity index (χ4v) is 2.65. The Bertz CT molecular complexity index is 990. The molecule has 0 fully saturated rings. The number of carbonyl (C=O) groups is 1. The number of pyridine rings is 1. The Morgan fingerprint density at radius 3 is 2.88 bits per heavy atom. The number of nitrogens with zero attached hydrogens (tertiary/aromatic N) is 2. The van der Waals surface area contributed by atoms with Crippen molar-refractivity contribution >= 4 is 46.2 Å².